The van der Waals surface area contributed by atoms with E-state index in [9.17, 15) is 5.11 Å². The molecular formula is C9H11IO2. The van der Waals surface area contributed by atoms with Crippen LogP contribution in [0.2, 0.25) is 0 Å². The number of benzene rings is 1. The van der Waals surface area contributed by atoms with Crippen molar-refractivity contribution in [3.63, 3.8) is 0 Å². The molecule has 0 fully saturated rings. The maximum Gasteiger partial charge on any atom is 0.106 e. The van der Waals surface area contributed by atoms with Crippen molar-refractivity contribution in [1.29, 1.82) is 0 Å². The molecule has 12 heavy (non-hydrogen) atoms. The summed E-state index contributed by atoms with van der Waals surface area (Å²) in [5.74, 6) is 0. The lowest BCUT2D eigenvalue weighted by atomic mass is 10.1. The molecule has 0 aliphatic carbocycles. The van der Waals surface area contributed by atoms with Gasteiger partial charge in [-0.25, -0.2) is 0 Å². The zero-order chi connectivity index (χ0) is 9.14. The Hall–Kier alpha value is -0.130. The van der Waals surface area contributed by atoms with Crippen molar-refractivity contribution in [2.24, 2.45) is 0 Å². The number of halogens is 1. The molecule has 0 heterocycles. The van der Waals surface area contributed by atoms with Gasteiger partial charge in [0.05, 0.1) is 6.10 Å². The summed E-state index contributed by atoms with van der Waals surface area (Å²) in [6, 6.07) is 7.48. The first-order valence-electron chi connectivity index (χ1n) is 3.73. The Morgan fingerprint density at radius 1 is 1.25 bits per heavy atom. The van der Waals surface area contributed by atoms with Crippen molar-refractivity contribution in [1.82, 2.24) is 0 Å². The van der Waals surface area contributed by atoms with Crippen molar-refractivity contribution < 1.29 is 10.2 Å². The van der Waals surface area contributed by atoms with Crippen LogP contribution >= 0.6 is 22.6 Å². The van der Waals surface area contributed by atoms with E-state index in [0.29, 0.717) is 0 Å². The van der Waals surface area contributed by atoms with Crippen LogP contribution in [0.25, 0.3) is 0 Å². The molecule has 0 aromatic heterocycles. The molecule has 2 N–H and O–H groups in total. The van der Waals surface area contributed by atoms with Gasteiger partial charge in [-0.2, -0.15) is 0 Å². The predicted octanol–water partition coefficient (Wildman–Crippen LogP) is 1.71. The molecule has 1 aromatic rings. The van der Waals surface area contributed by atoms with E-state index in [1.165, 1.54) is 0 Å². The average molecular weight is 278 g/mol. The highest BCUT2D eigenvalue weighted by atomic mass is 127. The molecule has 0 spiro atoms. The van der Waals surface area contributed by atoms with Gasteiger partial charge in [0.15, 0.2) is 0 Å². The fourth-order valence-corrected chi connectivity index (χ4v) is 1.68. The van der Waals surface area contributed by atoms with Crippen LogP contribution in [0.15, 0.2) is 24.3 Å². The molecule has 0 radical (unpaired) electrons. The standard InChI is InChI=1S/C9H11IO2/c1-6(11)9(12)7-4-2-3-5-8(7)10/h2-6,9,11-12H,1H3. The third-order valence-corrected chi connectivity index (χ3v) is 2.66. The van der Waals surface area contributed by atoms with Crippen LogP contribution < -0.4 is 0 Å². The first-order valence-corrected chi connectivity index (χ1v) is 4.81. The van der Waals surface area contributed by atoms with Gasteiger partial charge in [0.2, 0.25) is 0 Å². The van der Waals surface area contributed by atoms with Gasteiger partial charge >= 0.3 is 0 Å². The van der Waals surface area contributed by atoms with Gasteiger partial charge in [0, 0.05) is 3.57 Å². The van der Waals surface area contributed by atoms with E-state index in [4.69, 9.17) is 5.11 Å². The second kappa shape index (κ2) is 4.20. The molecule has 0 aliphatic heterocycles. The van der Waals surface area contributed by atoms with Gasteiger partial charge in [0.25, 0.3) is 0 Å². The Labute approximate surface area is 85.4 Å². The van der Waals surface area contributed by atoms with Crippen molar-refractivity contribution in [2.45, 2.75) is 19.1 Å². The van der Waals surface area contributed by atoms with Crippen LogP contribution in [0.1, 0.15) is 18.6 Å². The summed E-state index contributed by atoms with van der Waals surface area (Å²) in [4.78, 5) is 0. The molecule has 2 atom stereocenters. The normalized spacial score (nSPS) is 15.7. The van der Waals surface area contributed by atoms with E-state index in [0.717, 1.165) is 9.13 Å². The van der Waals surface area contributed by atoms with Crippen LogP contribution in [-0.4, -0.2) is 16.3 Å². The van der Waals surface area contributed by atoms with E-state index in [-0.39, 0.29) is 0 Å². The van der Waals surface area contributed by atoms with E-state index in [1.807, 2.05) is 24.3 Å². The SMILES string of the molecule is CC(O)C(O)c1ccccc1I. The highest BCUT2D eigenvalue weighted by Gasteiger charge is 2.15. The lowest BCUT2D eigenvalue weighted by Crippen LogP contribution is -2.14. The highest BCUT2D eigenvalue weighted by Crippen LogP contribution is 2.21. The van der Waals surface area contributed by atoms with Gasteiger partial charge in [-0.15, -0.1) is 0 Å². The summed E-state index contributed by atoms with van der Waals surface area (Å²) in [7, 11) is 0. The van der Waals surface area contributed by atoms with Gasteiger partial charge in [-0.05, 0) is 41.1 Å². The molecule has 0 amide bonds. The third kappa shape index (κ3) is 2.18. The van der Waals surface area contributed by atoms with E-state index >= 15 is 0 Å². The predicted molar refractivity (Wildman–Crippen MR) is 55.8 cm³/mol. The van der Waals surface area contributed by atoms with Crippen molar-refractivity contribution in [3.05, 3.63) is 33.4 Å². The minimum Gasteiger partial charge on any atom is -0.390 e. The molecule has 1 aromatic carbocycles. The van der Waals surface area contributed by atoms with Crippen molar-refractivity contribution in [2.75, 3.05) is 0 Å². The fourth-order valence-electron chi connectivity index (χ4n) is 0.975. The molecule has 3 heteroatoms. The Bertz CT molecular complexity index is 260. The van der Waals surface area contributed by atoms with Gasteiger partial charge < -0.3 is 10.2 Å². The summed E-state index contributed by atoms with van der Waals surface area (Å²) in [5.41, 5.74) is 0.785. The summed E-state index contributed by atoms with van der Waals surface area (Å²) in [5, 5.41) is 18.7. The molecular weight excluding hydrogens is 267 g/mol. The minimum atomic E-state index is -0.780. The Kier molecular flexibility index (Phi) is 3.49. The largest absolute Gasteiger partial charge is 0.390 e. The second-order valence-electron chi connectivity index (χ2n) is 2.71. The van der Waals surface area contributed by atoms with Crippen LogP contribution in [0.5, 0.6) is 0 Å². The number of aliphatic hydroxyl groups excluding tert-OH is 2. The third-order valence-electron chi connectivity index (χ3n) is 1.68. The first-order chi connectivity index (χ1) is 5.63. The van der Waals surface area contributed by atoms with Crippen LogP contribution in [0.4, 0.5) is 0 Å². The number of rotatable bonds is 2. The summed E-state index contributed by atoms with van der Waals surface area (Å²) in [6.07, 6.45) is -1.50. The average Bonchev–Trinajstić information content (AvgIpc) is 2.04. The van der Waals surface area contributed by atoms with Crippen LogP contribution in [-0.2, 0) is 0 Å². The molecule has 2 nitrogen and oxygen atoms in total. The summed E-state index contributed by atoms with van der Waals surface area (Å²) >= 11 is 2.14. The molecule has 66 valence electrons. The lowest BCUT2D eigenvalue weighted by molar-refractivity contribution is 0.0300. The second-order valence-corrected chi connectivity index (χ2v) is 3.87. The molecule has 0 saturated carbocycles. The fraction of sp³-hybridized carbons (Fsp3) is 0.333. The number of aliphatic hydroxyl groups is 2. The van der Waals surface area contributed by atoms with Gasteiger partial charge in [-0.3, -0.25) is 0 Å². The van der Waals surface area contributed by atoms with E-state index < -0.39 is 12.2 Å². The summed E-state index contributed by atoms with van der Waals surface area (Å²) in [6.45, 7) is 1.58. The molecule has 2 unspecified atom stereocenters. The summed E-state index contributed by atoms with van der Waals surface area (Å²) < 4.78 is 0.975. The number of hydrogen-bond acceptors (Lipinski definition) is 2. The van der Waals surface area contributed by atoms with Crippen molar-refractivity contribution >= 4 is 22.6 Å². The quantitative estimate of drug-likeness (QED) is 0.808. The zero-order valence-corrected chi connectivity index (χ0v) is 8.89. The number of hydrogen-bond donors (Lipinski definition) is 2. The molecule has 0 aliphatic rings. The Morgan fingerprint density at radius 3 is 2.33 bits per heavy atom. The Balaban J connectivity index is 2.94. The topological polar surface area (TPSA) is 40.5 Å². The van der Waals surface area contributed by atoms with E-state index in [2.05, 4.69) is 22.6 Å². The molecule has 0 saturated heterocycles. The monoisotopic (exact) mass is 278 g/mol. The molecule has 1 rings (SSSR count). The van der Waals surface area contributed by atoms with Crippen molar-refractivity contribution in [3.8, 4) is 0 Å². The maximum absolute atomic E-state index is 9.52. The minimum absolute atomic E-state index is 0.721. The Morgan fingerprint density at radius 2 is 1.83 bits per heavy atom. The smallest absolute Gasteiger partial charge is 0.106 e. The van der Waals surface area contributed by atoms with Gasteiger partial charge in [-0.1, -0.05) is 18.2 Å². The molecule has 0 bridgehead atoms. The maximum atomic E-state index is 9.52. The first kappa shape index (κ1) is 9.95. The van der Waals surface area contributed by atoms with Crippen LogP contribution in [0, 0.1) is 3.57 Å². The highest BCUT2D eigenvalue weighted by molar-refractivity contribution is 14.1. The lowest BCUT2D eigenvalue weighted by Gasteiger charge is -2.14. The van der Waals surface area contributed by atoms with E-state index in [1.54, 1.807) is 6.92 Å². The van der Waals surface area contributed by atoms with Gasteiger partial charge in [0.1, 0.15) is 6.10 Å². The zero-order valence-electron chi connectivity index (χ0n) is 6.74. The van der Waals surface area contributed by atoms with Crippen LogP contribution in [0.3, 0.4) is 0 Å².